The Morgan fingerprint density at radius 2 is 1.82 bits per heavy atom. The second kappa shape index (κ2) is 10.7. The van der Waals surface area contributed by atoms with E-state index in [2.05, 4.69) is 63.0 Å². The number of aryl methyl sites for hydroxylation is 2. The molecule has 0 radical (unpaired) electrons. The van der Waals surface area contributed by atoms with Crippen LogP contribution in [0.15, 0.2) is 73.1 Å². The maximum Gasteiger partial charge on any atom is 0.226 e. The van der Waals surface area contributed by atoms with Crippen LogP contribution in [0.25, 0.3) is 5.82 Å². The number of hydrogen-bond donors (Lipinski definition) is 2. The Bertz CT molecular complexity index is 1470. The van der Waals surface area contributed by atoms with Gasteiger partial charge in [0.25, 0.3) is 0 Å². The van der Waals surface area contributed by atoms with Gasteiger partial charge in [0.15, 0.2) is 5.11 Å². The van der Waals surface area contributed by atoms with Crippen LogP contribution < -0.4 is 10.6 Å². The van der Waals surface area contributed by atoms with Crippen molar-refractivity contribution in [2.24, 2.45) is 0 Å². The molecule has 5 rings (SSSR count). The van der Waals surface area contributed by atoms with Gasteiger partial charge in [0, 0.05) is 42.4 Å². The molecule has 194 valence electrons. The second-order valence-corrected chi connectivity index (χ2v) is 9.82. The van der Waals surface area contributed by atoms with Gasteiger partial charge in [-0.15, -0.1) is 0 Å². The fourth-order valence-corrected chi connectivity index (χ4v) is 5.42. The number of anilines is 1. The first kappa shape index (κ1) is 25.5. The molecule has 1 saturated heterocycles. The zero-order valence-electron chi connectivity index (χ0n) is 21.5. The Kier molecular flexibility index (Phi) is 7.20. The van der Waals surface area contributed by atoms with Gasteiger partial charge in [-0.3, -0.25) is 9.78 Å². The van der Waals surface area contributed by atoms with Crippen LogP contribution in [0.1, 0.15) is 46.7 Å². The summed E-state index contributed by atoms with van der Waals surface area (Å²) in [4.78, 5) is 24.1. The molecule has 2 unspecified atom stereocenters. The maximum atomic E-state index is 13.2. The zero-order chi connectivity index (χ0) is 26.8. The van der Waals surface area contributed by atoms with Gasteiger partial charge in [-0.05, 0) is 92.6 Å². The summed E-state index contributed by atoms with van der Waals surface area (Å²) in [6, 6.07) is 17.4. The molecule has 0 saturated carbocycles. The average Bonchev–Trinajstić information content (AvgIpc) is 3.39. The second-order valence-electron chi connectivity index (χ2n) is 9.43. The van der Waals surface area contributed by atoms with Crippen LogP contribution in [0.5, 0.6) is 0 Å². The standard InChI is InChI=1S/C29H29FN6OS/c1-18-7-6-15-32-28(18)36-19(2)17-23(20(36)3)27-26(24-8-4-5-14-31-24)34-29(38)35(27)16-13-25(37)33-22-11-9-21(30)10-12-22/h4-12,14-15,17,26-27H,13,16H2,1-3H3,(H,33,37)(H,34,38). The third kappa shape index (κ3) is 5.02. The summed E-state index contributed by atoms with van der Waals surface area (Å²) >= 11 is 5.78. The van der Waals surface area contributed by atoms with Gasteiger partial charge in [0.1, 0.15) is 11.6 Å². The van der Waals surface area contributed by atoms with Crippen molar-refractivity contribution in [1.29, 1.82) is 0 Å². The van der Waals surface area contributed by atoms with E-state index in [0.29, 0.717) is 17.3 Å². The average molecular weight is 529 g/mol. The third-order valence-corrected chi connectivity index (χ3v) is 7.24. The van der Waals surface area contributed by atoms with Gasteiger partial charge in [-0.1, -0.05) is 12.1 Å². The van der Waals surface area contributed by atoms with Crippen LogP contribution in [0, 0.1) is 26.6 Å². The monoisotopic (exact) mass is 528 g/mol. The van der Waals surface area contributed by atoms with Crippen molar-refractivity contribution in [2.75, 3.05) is 11.9 Å². The van der Waals surface area contributed by atoms with E-state index in [4.69, 9.17) is 12.2 Å². The predicted molar refractivity (Wildman–Crippen MR) is 150 cm³/mol. The minimum absolute atomic E-state index is 0.172. The molecule has 1 aliphatic heterocycles. The van der Waals surface area contributed by atoms with Crippen LogP contribution in [-0.4, -0.2) is 37.0 Å². The van der Waals surface area contributed by atoms with Gasteiger partial charge < -0.3 is 20.1 Å². The van der Waals surface area contributed by atoms with Gasteiger partial charge in [0.2, 0.25) is 5.91 Å². The van der Waals surface area contributed by atoms with Crippen molar-refractivity contribution in [3.05, 3.63) is 107 Å². The number of carbonyl (C=O) groups excluding carboxylic acids is 1. The molecule has 2 atom stereocenters. The van der Waals surface area contributed by atoms with E-state index in [9.17, 15) is 9.18 Å². The number of carbonyl (C=O) groups is 1. The number of aromatic nitrogens is 3. The minimum Gasteiger partial charge on any atom is -0.352 e. The number of nitrogens with zero attached hydrogens (tertiary/aromatic N) is 4. The molecule has 0 aliphatic carbocycles. The summed E-state index contributed by atoms with van der Waals surface area (Å²) in [5.41, 5.74) is 5.71. The molecule has 4 aromatic rings. The van der Waals surface area contributed by atoms with E-state index in [1.165, 1.54) is 12.1 Å². The fraction of sp³-hybridized carbons (Fsp3) is 0.241. The van der Waals surface area contributed by atoms with Crippen molar-refractivity contribution >= 4 is 28.9 Å². The number of hydrogen-bond acceptors (Lipinski definition) is 4. The summed E-state index contributed by atoms with van der Waals surface area (Å²) < 4.78 is 15.4. The normalized spacial score (nSPS) is 16.9. The molecule has 1 aromatic carbocycles. The molecule has 0 spiro atoms. The molecule has 1 amide bonds. The smallest absolute Gasteiger partial charge is 0.226 e. The molecule has 1 fully saturated rings. The van der Waals surface area contributed by atoms with E-state index < -0.39 is 0 Å². The number of thiocarbonyl (C=S) groups is 1. The molecule has 3 aromatic heterocycles. The minimum atomic E-state index is -0.349. The van der Waals surface area contributed by atoms with Crippen molar-refractivity contribution in [3.63, 3.8) is 0 Å². The number of halogens is 1. The maximum absolute atomic E-state index is 13.2. The van der Waals surface area contributed by atoms with E-state index in [1.807, 2.05) is 24.3 Å². The highest BCUT2D eigenvalue weighted by molar-refractivity contribution is 7.80. The fourth-order valence-electron chi connectivity index (χ4n) is 5.09. The van der Waals surface area contributed by atoms with E-state index in [0.717, 1.165) is 34.0 Å². The van der Waals surface area contributed by atoms with E-state index >= 15 is 0 Å². The van der Waals surface area contributed by atoms with E-state index in [-0.39, 0.29) is 30.2 Å². The number of amides is 1. The zero-order valence-corrected chi connectivity index (χ0v) is 22.3. The van der Waals surface area contributed by atoms with Crippen LogP contribution in [0.4, 0.5) is 10.1 Å². The van der Waals surface area contributed by atoms with Gasteiger partial charge in [-0.25, -0.2) is 9.37 Å². The molecular formula is C29H29FN6OS. The Morgan fingerprint density at radius 3 is 2.53 bits per heavy atom. The van der Waals surface area contributed by atoms with Crippen molar-refractivity contribution in [3.8, 4) is 5.82 Å². The first-order valence-corrected chi connectivity index (χ1v) is 12.9. The summed E-state index contributed by atoms with van der Waals surface area (Å²) in [5, 5.41) is 6.86. The van der Waals surface area contributed by atoms with Crippen LogP contribution >= 0.6 is 12.2 Å². The Hall–Kier alpha value is -4.11. The van der Waals surface area contributed by atoms with Crippen molar-refractivity contribution < 1.29 is 9.18 Å². The molecule has 9 heteroatoms. The third-order valence-electron chi connectivity index (χ3n) is 6.89. The van der Waals surface area contributed by atoms with E-state index in [1.54, 1.807) is 24.5 Å². The SMILES string of the molecule is Cc1cccnc1-n1c(C)cc(C2C(c3ccccn3)NC(=S)N2CCC(=O)Nc2ccc(F)cc2)c1C. The van der Waals surface area contributed by atoms with Gasteiger partial charge in [-0.2, -0.15) is 0 Å². The lowest BCUT2D eigenvalue weighted by Crippen LogP contribution is -2.32. The first-order chi connectivity index (χ1) is 18.3. The quantitative estimate of drug-likeness (QED) is 0.316. The molecular weight excluding hydrogens is 499 g/mol. The predicted octanol–water partition coefficient (Wildman–Crippen LogP) is 5.33. The highest BCUT2D eigenvalue weighted by Crippen LogP contribution is 2.41. The lowest BCUT2D eigenvalue weighted by atomic mass is 9.96. The summed E-state index contributed by atoms with van der Waals surface area (Å²) in [6.07, 6.45) is 3.79. The molecule has 0 bridgehead atoms. The summed E-state index contributed by atoms with van der Waals surface area (Å²) in [7, 11) is 0. The number of nitrogens with one attached hydrogen (secondary N) is 2. The van der Waals surface area contributed by atoms with Crippen molar-refractivity contribution in [1.82, 2.24) is 24.8 Å². The highest BCUT2D eigenvalue weighted by atomic mass is 32.1. The Labute approximate surface area is 226 Å². The van der Waals surface area contributed by atoms with Crippen LogP contribution in [-0.2, 0) is 4.79 Å². The first-order valence-electron chi connectivity index (χ1n) is 12.5. The lowest BCUT2D eigenvalue weighted by molar-refractivity contribution is -0.116. The Balaban J connectivity index is 1.47. The summed E-state index contributed by atoms with van der Waals surface area (Å²) in [6.45, 7) is 6.61. The van der Waals surface area contributed by atoms with Gasteiger partial charge >= 0.3 is 0 Å². The summed E-state index contributed by atoms with van der Waals surface area (Å²) in [5.74, 6) is 0.370. The van der Waals surface area contributed by atoms with Gasteiger partial charge in [0.05, 0.1) is 17.8 Å². The number of pyridine rings is 2. The van der Waals surface area contributed by atoms with Crippen LogP contribution in [0.2, 0.25) is 0 Å². The largest absolute Gasteiger partial charge is 0.352 e. The molecule has 4 heterocycles. The topological polar surface area (TPSA) is 75.1 Å². The van der Waals surface area contributed by atoms with Crippen molar-refractivity contribution in [2.45, 2.75) is 39.3 Å². The molecule has 1 aliphatic rings. The van der Waals surface area contributed by atoms with Crippen LogP contribution in [0.3, 0.4) is 0 Å². The number of rotatable bonds is 7. The molecule has 38 heavy (non-hydrogen) atoms. The lowest BCUT2D eigenvalue weighted by Gasteiger charge is -2.28. The number of benzene rings is 1. The Morgan fingerprint density at radius 1 is 1.05 bits per heavy atom. The highest BCUT2D eigenvalue weighted by Gasteiger charge is 2.41. The molecule has 7 nitrogen and oxygen atoms in total. The molecule has 2 N–H and O–H groups in total.